The van der Waals surface area contributed by atoms with E-state index in [2.05, 4.69) is 27.5 Å². The molecule has 1 rings (SSSR count). The zero-order valence-electron chi connectivity index (χ0n) is 8.37. The van der Waals surface area contributed by atoms with Gasteiger partial charge in [0, 0.05) is 36.5 Å². The summed E-state index contributed by atoms with van der Waals surface area (Å²) in [6.07, 6.45) is 7.48. The summed E-state index contributed by atoms with van der Waals surface area (Å²) in [5.41, 5.74) is 1.98. The summed E-state index contributed by atoms with van der Waals surface area (Å²) in [5.74, 6) is 0. The van der Waals surface area contributed by atoms with Crippen LogP contribution < -0.4 is 0 Å². The lowest BCUT2D eigenvalue weighted by Gasteiger charge is -2.05. The molecule has 3 heteroatoms. The molecule has 0 aliphatic carbocycles. The van der Waals surface area contributed by atoms with E-state index in [0.717, 1.165) is 15.6 Å². The van der Waals surface area contributed by atoms with Crippen LogP contribution in [-0.2, 0) is 0 Å². The average Bonchev–Trinajstić information content (AvgIpc) is 2.14. The molecule has 0 aliphatic heterocycles. The molecule has 0 fully saturated rings. The topological polar surface area (TPSA) is 16.1 Å². The summed E-state index contributed by atoms with van der Waals surface area (Å²) in [5, 5.41) is 0. The number of halogens is 1. The van der Waals surface area contributed by atoms with Crippen molar-refractivity contribution in [1.82, 2.24) is 9.88 Å². The summed E-state index contributed by atoms with van der Waals surface area (Å²) >= 11 is 3.37. The summed E-state index contributed by atoms with van der Waals surface area (Å²) in [6, 6.07) is 2.00. The summed E-state index contributed by atoms with van der Waals surface area (Å²) in [6.45, 7) is 3.96. The Morgan fingerprint density at radius 3 is 2.79 bits per heavy atom. The van der Waals surface area contributed by atoms with Crippen molar-refractivity contribution in [2.24, 2.45) is 0 Å². The number of hydrogen-bond acceptors (Lipinski definition) is 2. The maximum atomic E-state index is 4.08. The van der Waals surface area contributed by atoms with Gasteiger partial charge in [0.2, 0.25) is 0 Å². The van der Waals surface area contributed by atoms with Crippen LogP contribution in [0.2, 0.25) is 0 Å². The molecule has 0 amide bonds. The molecule has 1 heterocycles. The van der Waals surface area contributed by atoms with Gasteiger partial charge in [0.15, 0.2) is 0 Å². The van der Waals surface area contributed by atoms with E-state index >= 15 is 0 Å². The molecule has 0 N–H and O–H groups in total. The molecule has 0 aliphatic rings. The van der Waals surface area contributed by atoms with Crippen LogP contribution in [0.5, 0.6) is 0 Å². The molecule has 0 unspecified atom stereocenters. The quantitative estimate of drug-likeness (QED) is 0.770. The third-order valence-electron chi connectivity index (χ3n) is 1.65. The Kier molecular flexibility index (Phi) is 3.89. The monoisotopic (exact) mass is 252 g/mol. The van der Waals surface area contributed by atoms with Gasteiger partial charge in [-0.1, -0.05) is 6.58 Å². The van der Waals surface area contributed by atoms with E-state index in [1.807, 2.05) is 37.3 Å². The molecule has 0 saturated carbocycles. The van der Waals surface area contributed by atoms with E-state index in [-0.39, 0.29) is 0 Å². The molecule has 14 heavy (non-hydrogen) atoms. The zero-order chi connectivity index (χ0) is 10.6. The lowest BCUT2D eigenvalue weighted by Crippen LogP contribution is -2.00. The van der Waals surface area contributed by atoms with Crippen molar-refractivity contribution >= 4 is 21.5 Å². The first-order valence-electron chi connectivity index (χ1n) is 4.24. The van der Waals surface area contributed by atoms with Gasteiger partial charge in [-0.3, -0.25) is 4.98 Å². The second kappa shape index (κ2) is 4.96. The molecule has 0 radical (unpaired) electrons. The van der Waals surface area contributed by atoms with Crippen molar-refractivity contribution in [2.45, 2.75) is 0 Å². The fourth-order valence-electron chi connectivity index (χ4n) is 0.923. The second-order valence-electron chi connectivity index (χ2n) is 3.20. The number of nitrogens with zero attached hydrogens (tertiary/aromatic N) is 2. The van der Waals surface area contributed by atoms with Crippen LogP contribution in [0.1, 0.15) is 5.56 Å². The number of allylic oxidation sites excluding steroid dienone is 2. The SMILES string of the molecule is C=C(/C=C/N(C)C)c1cncc(Br)c1. The van der Waals surface area contributed by atoms with Crippen molar-refractivity contribution in [3.8, 4) is 0 Å². The van der Waals surface area contributed by atoms with Crippen molar-refractivity contribution in [3.63, 3.8) is 0 Å². The number of aromatic nitrogens is 1. The molecule has 1 aromatic rings. The van der Waals surface area contributed by atoms with Gasteiger partial charge >= 0.3 is 0 Å². The van der Waals surface area contributed by atoms with Gasteiger partial charge in [0.05, 0.1) is 0 Å². The molecular formula is C11H13BrN2. The minimum absolute atomic E-state index is 0.951. The summed E-state index contributed by atoms with van der Waals surface area (Å²) in [7, 11) is 3.95. The van der Waals surface area contributed by atoms with Crippen LogP contribution in [0.15, 0.2) is 41.8 Å². The van der Waals surface area contributed by atoms with Crippen molar-refractivity contribution in [2.75, 3.05) is 14.1 Å². The Morgan fingerprint density at radius 2 is 2.21 bits per heavy atom. The molecule has 1 aromatic heterocycles. The first kappa shape index (κ1) is 11.0. The van der Waals surface area contributed by atoms with Crippen LogP contribution in [0.25, 0.3) is 5.57 Å². The minimum Gasteiger partial charge on any atom is -0.383 e. The molecule has 0 aromatic carbocycles. The molecule has 2 nitrogen and oxygen atoms in total. The summed E-state index contributed by atoms with van der Waals surface area (Å²) < 4.78 is 0.967. The first-order valence-corrected chi connectivity index (χ1v) is 5.03. The predicted octanol–water partition coefficient (Wildman–Crippen LogP) is 2.93. The highest BCUT2D eigenvalue weighted by Gasteiger charge is 1.96. The standard InChI is InChI=1S/C11H13BrN2/c1-9(4-5-14(2)3)10-6-11(12)8-13-7-10/h4-8H,1H2,2-3H3/b5-4+. The normalized spacial score (nSPS) is 10.5. The number of hydrogen-bond donors (Lipinski definition) is 0. The molecule has 0 bridgehead atoms. The fraction of sp³-hybridized carbons (Fsp3) is 0.182. The van der Waals surface area contributed by atoms with Gasteiger partial charge in [0.25, 0.3) is 0 Å². The maximum Gasteiger partial charge on any atom is 0.0410 e. The van der Waals surface area contributed by atoms with Crippen molar-refractivity contribution in [3.05, 3.63) is 47.4 Å². The maximum absolute atomic E-state index is 4.08. The molecule has 74 valence electrons. The highest BCUT2D eigenvalue weighted by molar-refractivity contribution is 9.10. The Hall–Kier alpha value is -1.09. The Labute approximate surface area is 93.1 Å². The predicted molar refractivity (Wildman–Crippen MR) is 63.8 cm³/mol. The van der Waals surface area contributed by atoms with Crippen molar-refractivity contribution < 1.29 is 0 Å². The average molecular weight is 253 g/mol. The van der Waals surface area contributed by atoms with Crippen LogP contribution in [0.3, 0.4) is 0 Å². The lowest BCUT2D eigenvalue weighted by atomic mass is 10.1. The van der Waals surface area contributed by atoms with Gasteiger partial charge in [-0.2, -0.15) is 0 Å². The van der Waals surface area contributed by atoms with Crippen LogP contribution >= 0.6 is 15.9 Å². The third kappa shape index (κ3) is 3.34. The van der Waals surface area contributed by atoms with E-state index < -0.39 is 0 Å². The van der Waals surface area contributed by atoms with Gasteiger partial charge in [-0.15, -0.1) is 0 Å². The highest BCUT2D eigenvalue weighted by Crippen LogP contribution is 2.17. The third-order valence-corrected chi connectivity index (χ3v) is 2.08. The van der Waals surface area contributed by atoms with Crippen LogP contribution in [0, 0.1) is 0 Å². The highest BCUT2D eigenvalue weighted by atomic mass is 79.9. The fourth-order valence-corrected chi connectivity index (χ4v) is 1.29. The van der Waals surface area contributed by atoms with E-state index in [1.54, 1.807) is 12.4 Å². The summed E-state index contributed by atoms with van der Waals surface area (Å²) in [4.78, 5) is 6.05. The van der Waals surface area contributed by atoms with Gasteiger partial charge in [-0.25, -0.2) is 0 Å². The molecule has 0 spiro atoms. The van der Waals surface area contributed by atoms with E-state index in [4.69, 9.17) is 0 Å². The largest absolute Gasteiger partial charge is 0.383 e. The van der Waals surface area contributed by atoms with Crippen LogP contribution in [-0.4, -0.2) is 24.0 Å². The molecule has 0 saturated heterocycles. The van der Waals surface area contributed by atoms with Gasteiger partial charge < -0.3 is 4.90 Å². The number of pyridine rings is 1. The second-order valence-corrected chi connectivity index (χ2v) is 4.11. The van der Waals surface area contributed by atoms with Gasteiger partial charge in [-0.05, 0) is 39.8 Å². The number of rotatable bonds is 3. The Bertz CT molecular complexity index is 356. The van der Waals surface area contributed by atoms with Gasteiger partial charge in [0.1, 0.15) is 0 Å². The Balaban J connectivity index is 2.80. The minimum atomic E-state index is 0.951. The van der Waals surface area contributed by atoms with Crippen LogP contribution in [0.4, 0.5) is 0 Å². The smallest absolute Gasteiger partial charge is 0.0410 e. The van der Waals surface area contributed by atoms with Crippen molar-refractivity contribution in [1.29, 1.82) is 0 Å². The van der Waals surface area contributed by atoms with E-state index in [0.29, 0.717) is 0 Å². The first-order chi connectivity index (χ1) is 6.59. The lowest BCUT2D eigenvalue weighted by molar-refractivity contribution is 0.564. The van der Waals surface area contributed by atoms with E-state index in [1.165, 1.54) is 0 Å². The zero-order valence-corrected chi connectivity index (χ0v) is 9.95. The van der Waals surface area contributed by atoms with E-state index in [9.17, 15) is 0 Å². The Morgan fingerprint density at radius 1 is 1.50 bits per heavy atom. The molecular weight excluding hydrogens is 240 g/mol. The molecule has 0 atom stereocenters.